The average Bonchev–Trinajstić information content (AvgIpc) is 2.52. The van der Waals surface area contributed by atoms with Gasteiger partial charge in [-0.1, -0.05) is 84.9 Å². The normalized spacial score (nSPS) is 10.7. The summed E-state index contributed by atoms with van der Waals surface area (Å²) in [7, 11) is 0. The summed E-state index contributed by atoms with van der Waals surface area (Å²) in [5, 5.41) is 0. The first-order valence-electron chi connectivity index (χ1n) is 6.90. The van der Waals surface area contributed by atoms with Gasteiger partial charge in [-0.15, -0.1) is 0 Å². The van der Waals surface area contributed by atoms with Crippen LogP contribution in [0, 0.1) is 12.8 Å². The summed E-state index contributed by atoms with van der Waals surface area (Å²) in [6.45, 7) is 2.17. The van der Waals surface area contributed by atoms with Gasteiger partial charge in [-0.05, 0) is 29.2 Å². The molecule has 0 aromatic heterocycles. The Labute approximate surface area is 120 Å². The van der Waals surface area contributed by atoms with Gasteiger partial charge in [0.1, 0.15) is 0 Å². The zero-order valence-corrected chi connectivity index (χ0v) is 11.6. The van der Waals surface area contributed by atoms with E-state index in [2.05, 4.69) is 91.9 Å². The second-order valence-corrected chi connectivity index (χ2v) is 4.92. The molecule has 0 amide bonds. The summed E-state index contributed by atoms with van der Waals surface area (Å²) in [6, 6.07) is 29.8. The molecule has 3 aromatic rings. The molecule has 0 heterocycles. The van der Waals surface area contributed by atoms with Gasteiger partial charge in [-0.25, -0.2) is 0 Å². The Bertz CT molecular complexity index is 629. The van der Waals surface area contributed by atoms with Crippen LogP contribution in [-0.4, -0.2) is 0 Å². The predicted molar refractivity (Wildman–Crippen MR) is 84.6 cm³/mol. The molecular weight excluding hydrogens is 240 g/mol. The van der Waals surface area contributed by atoms with E-state index >= 15 is 0 Å². The Morgan fingerprint density at radius 2 is 1.00 bits per heavy atom. The summed E-state index contributed by atoms with van der Waals surface area (Å²) in [5.74, 6) is 1.30. The van der Waals surface area contributed by atoms with E-state index in [1.807, 2.05) is 0 Å². The van der Waals surface area contributed by atoms with Gasteiger partial charge < -0.3 is 0 Å². The molecule has 0 aliphatic rings. The number of hydrogen-bond donors (Lipinski definition) is 0. The second-order valence-electron chi connectivity index (χ2n) is 4.92. The van der Waals surface area contributed by atoms with Gasteiger partial charge in [0.25, 0.3) is 0 Å². The molecule has 0 saturated carbocycles. The van der Waals surface area contributed by atoms with Crippen LogP contribution in [0.15, 0.2) is 84.9 Å². The molecule has 20 heavy (non-hydrogen) atoms. The molecular formula is C20H17. The number of rotatable bonds is 3. The highest BCUT2D eigenvalue weighted by Crippen LogP contribution is 2.32. The maximum atomic E-state index is 2.20. The molecule has 0 aliphatic carbocycles. The lowest BCUT2D eigenvalue weighted by Gasteiger charge is -2.19. The van der Waals surface area contributed by atoms with Crippen molar-refractivity contribution in [2.24, 2.45) is 0 Å². The lowest BCUT2D eigenvalue weighted by atomic mass is 9.83. The molecule has 0 aliphatic heterocycles. The van der Waals surface area contributed by atoms with Crippen LogP contribution in [0.4, 0.5) is 0 Å². The molecule has 0 spiro atoms. The minimum Gasteiger partial charge on any atom is -0.0622 e. The van der Waals surface area contributed by atoms with E-state index in [0.29, 0.717) is 0 Å². The van der Waals surface area contributed by atoms with Gasteiger partial charge in [0, 0.05) is 0 Å². The Hall–Kier alpha value is -2.34. The Morgan fingerprint density at radius 1 is 0.550 bits per heavy atom. The van der Waals surface area contributed by atoms with Crippen LogP contribution in [0.2, 0.25) is 0 Å². The minimum atomic E-state index is 1.26. The van der Waals surface area contributed by atoms with Crippen molar-refractivity contribution in [2.75, 3.05) is 0 Å². The zero-order chi connectivity index (χ0) is 13.8. The molecule has 3 aromatic carbocycles. The standard InChI is InChI=1S/C20H17/c1-16-10-8-9-15-19(16)20(17-11-4-2-5-12-17)18-13-6-3-7-14-18/h2-15H,1H3. The molecule has 0 saturated heterocycles. The van der Waals surface area contributed by atoms with Gasteiger partial charge in [0.05, 0.1) is 5.92 Å². The molecule has 0 bridgehead atoms. The van der Waals surface area contributed by atoms with Crippen LogP contribution < -0.4 is 0 Å². The zero-order valence-electron chi connectivity index (χ0n) is 11.6. The Morgan fingerprint density at radius 3 is 1.50 bits per heavy atom. The van der Waals surface area contributed by atoms with E-state index in [1.54, 1.807) is 0 Å². The molecule has 0 nitrogen and oxygen atoms in total. The maximum absolute atomic E-state index is 2.20. The largest absolute Gasteiger partial charge is 0.0631 e. The van der Waals surface area contributed by atoms with Crippen LogP contribution in [-0.2, 0) is 0 Å². The highest BCUT2D eigenvalue weighted by molar-refractivity contribution is 5.59. The first-order chi connectivity index (χ1) is 9.86. The summed E-state index contributed by atoms with van der Waals surface area (Å²) < 4.78 is 0. The molecule has 97 valence electrons. The average molecular weight is 257 g/mol. The fraction of sp³-hybridized carbons (Fsp3) is 0.0500. The summed E-state index contributed by atoms with van der Waals surface area (Å²) in [6.07, 6.45) is 0. The fourth-order valence-corrected chi connectivity index (χ4v) is 2.54. The van der Waals surface area contributed by atoms with E-state index in [-0.39, 0.29) is 0 Å². The van der Waals surface area contributed by atoms with Gasteiger partial charge in [0.2, 0.25) is 0 Å². The molecule has 0 unspecified atom stereocenters. The SMILES string of the molecule is Cc1ccccc1[C](c1ccccc1)c1ccccc1. The number of aryl methyl sites for hydroxylation is 1. The summed E-state index contributed by atoms with van der Waals surface area (Å²) in [4.78, 5) is 0. The summed E-state index contributed by atoms with van der Waals surface area (Å²) in [5.41, 5.74) is 5.11. The minimum absolute atomic E-state index is 1.26. The lowest BCUT2D eigenvalue weighted by molar-refractivity contribution is 1.19. The van der Waals surface area contributed by atoms with Crippen molar-refractivity contribution in [3.8, 4) is 0 Å². The van der Waals surface area contributed by atoms with Crippen molar-refractivity contribution < 1.29 is 0 Å². The number of benzene rings is 3. The third-order valence-corrected chi connectivity index (χ3v) is 3.54. The molecule has 1 radical (unpaired) electrons. The topological polar surface area (TPSA) is 0 Å². The molecule has 3 rings (SSSR count). The van der Waals surface area contributed by atoms with Crippen molar-refractivity contribution in [3.63, 3.8) is 0 Å². The lowest BCUT2D eigenvalue weighted by Crippen LogP contribution is -2.05. The van der Waals surface area contributed by atoms with Gasteiger partial charge in [-0.3, -0.25) is 0 Å². The fourth-order valence-electron chi connectivity index (χ4n) is 2.54. The van der Waals surface area contributed by atoms with Crippen molar-refractivity contribution in [2.45, 2.75) is 6.92 Å². The monoisotopic (exact) mass is 257 g/mol. The van der Waals surface area contributed by atoms with Crippen LogP contribution in [0.5, 0.6) is 0 Å². The first-order valence-corrected chi connectivity index (χ1v) is 6.90. The van der Waals surface area contributed by atoms with Gasteiger partial charge in [0.15, 0.2) is 0 Å². The maximum Gasteiger partial charge on any atom is 0.0631 e. The van der Waals surface area contributed by atoms with Crippen LogP contribution in [0.25, 0.3) is 0 Å². The third-order valence-electron chi connectivity index (χ3n) is 3.54. The highest BCUT2D eigenvalue weighted by Gasteiger charge is 2.18. The van der Waals surface area contributed by atoms with Gasteiger partial charge in [-0.2, -0.15) is 0 Å². The first kappa shape index (κ1) is 12.7. The van der Waals surface area contributed by atoms with E-state index in [1.165, 1.54) is 28.2 Å². The number of hydrogen-bond acceptors (Lipinski definition) is 0. The van der Waals surface area contributed by atoms with Gasteiger partial charge >= 0.3 is 0 Å². The molecule has 0 heteroatoms. The van der Waals surface area contributed by atoms with Crippen LogP contribution >= 0.6 is 0 Å². The quantitative estimate of drug-likeness (QED) is 0.578. The van der Waals surface area contributed by atoms with E-state index in [0.717, 1.165) is 0 Å². The van der Waals surface area contributed by atoms with E-state index < -0.39 is 0 Å². The molecule has 0 N–H and O–H groups in total. The van der Waals surface area contributed by atoms with Crippen molar-refractivity contribution in [3.05, 3.63) is 113 Å². The summed E-state index contributed by atoms with van der Waals surface area (Å²) >= 11 is 0. The predicted octanol–water partition coefficient (Wildman–Crippen LogP) is 5.01. The van der Waals surface area contributed by atoms with Crippen molar-refractivity contribution in [1.82, 2.24) is 0 Å². The Kier molecular flexibility index (Phi) is 3.64. The van der Waals surface area contributed by atoms with E-state index in [9.17, 15) is 0 Å². The molecule has 0 atom stereocenters. The third kappa shape index (κ3) is 2.50. The highest BCUT2D eigenvalue weighted by atomic mass is 14.2. The second kappa shape index (κ2) is 5.75. The van der Waals surface area contributed by atoms with Crippen molar-refractivity contribution >= 4 is 0 Å². The smallest absolute Gasteiger partial charge is 0.0622 e. The van der Waals surface area contributed by atoms with Crippen LogP contribution in [0.3, 0.4) is 0 Å². The molecule has 0 fully saturated rings. The van der Waals surface area contributed by atoms with Crippen LogP contribution in [0.1, 0.15) is 22.3 Å². The Balaban J connectivity index is 2.17. The van der Waals surface area contributed by atoms with Crippen molar-refractivity contribution in [1.29, 1.82) is 0 Å². The van der Waals surface area contributed by atoms with E-state index in [4.69, 9.17) is 0 Å².